The highest BCUT2D eigenvalue weighted by molar-refractivity contribution is 6.38. The minimum Gasteiger partial charge on any atom is -0.380 e. The van der Waals surface area contributed by atoms with Crippen LogP contribution in [0, 0.1) is 0 Å². The summed E-state index contributed by atoms with van der Waals surface area (Å²) in [6, 6.07) is 15.3. The van der Waals surface area contributed by atoms with Crippen molar-refractivity contribution in [2.24, 2.45) is 0 Å². The predicted octanol–water partition coefficient (Wildman–Crippen LogP) is 1.63. The number of hydrogen-bond donors (Lipinski definition) is 7. The molecule has 0 saturated heterocycles. The Morgan fingerprint density at radius 3 is 1.44 bits per heavy atom. The lowest BCUT2D eigenvalue weighted by molar-refractivity contribution is -0.125. The zero-order valence-corrected chi connectivity index (χ0v) is 22.1. The lowest BCUT2D eigenvalue weighted by Crippen LogP contribution is -2.30. The number of aromatic nitrogens is 2. The second kappa shape index (κ2) is 11.1. The number of H-pyrrole nitrogens is 2. The number of nitrogens with one attached hydrogen (secondary N) is 7. The molecule has 6 rings (SSSR count). The summed E-state index contributed by atoms with van der Waals surface area (Å²) in [5.74, 6) is -1.67. The third-order valence-electron chi connectivity index (χ3n) is 7.24. The zero-order valence-electron chi connectivity index (χ0n) is 22.1. The number of fused-ring (bicyclic) bond motifs is 2. The highest BCUT2D eigenvalue weighted by Gasteiger charge is 2.33. The molecular weight excluding hydrogens is 522 g/mol. The first kappa shape index (κ1) is 26.1. The van der Waals surface area contributed by atoms with Crippen LogP contribution in [0.3, 0.4) is 0 Å². The van der Waals surface area contributed by atoms with E-state index in [4.69, 9.17) is 0 Å². The fourth-order valence-corrected chi connectivity index (χ4v) is 5.30. The van der Waals surface area contributed by atoms with Crippen molar-refractivity contribution in [1.29, 1.82) is 0 Å². The quantitative estimate of drug-likeness (QED) is 0.104. The molecule has 208 valence electrons. The maximum absolute atomic E-state index is 12.5. The molecule has 0 atom stereocenters. The largest absolute Gasteiger partial charge is 0.380 e. The number of aromatic amines is 2. The Hall–Kier alpha value is -5.16. The van der Waals surface area contributed by atoms with Gasteiger partial charge in [-0.3, -0.25) is 29.8 Å². The normalized spacial score (nSPS) is 15.4. The molecule has 4 amide bonds. The SMILES string of the molecule is O=C1NC(=O)C(c2c[nH]c3ccccc23)=C1NCCCNCCCNC1=C(c2c[nH]c3ccccc23)C(=O)NC1=O. The van der Waals surface area contributed by atoms with Crippen LogP contribution in [0.2, 0.25) is 0 Å². The van der Waals surface area contributed by atoms with Crippen molar-refractivity contribution in [1.82, 2.24) is 36.6 Å². The highest BCUT2D eigenvalue weighted by Crippen LogP contribution is 2.30. The van der Waals surface area contributed by atoms with Gasteiger partial charge in [-0.25, -0.2) is 0 Å². The summed E-state index contributed by atoms with van der Waals surface area (Å²) in [7, 11) is 0. The van der Waals surface area contributed by atoms with Crippen LogP contribution in [0.5, 0.6) is 0 Å². The van der Waals surface area contributed by atoms with Crippen LogP contribution in [-0.2, 0) is 19.2 Å². The Bertz CT molecular complexity index is 1630. The average Bonchev–Trinajstić information content (AvgIpc) is 3.71. The van der Waals surface area contributed by atoms with E-state index in [0.29, 0.717) is 48.5 Å². The first-order valence-electron chi connectivity index (χ1n) is 13.5. The number of amides is 4. The predicted molar refractivity (Wildman–Crippen MR) is 155 cm³/mol. The molecule has 0 bridgehead atoms. The monoisotopic (exact) mass is 551 g/mol. The van der Waals surface area contributed by atoms with Gasteiger partial charge >= 0.3 is 0 Å². The zero-order chi connectivity index (χ0) is 28.3. The Kier molecular flexibility index (Phi) is 7.09. The van der Waals surface area contributed by atoms with E-state index in [9.17, 15) is 19.2 Å². The molecule has 0 unspecified atom stereocenters. The van der Waals surface area contributed by atoms with E-state index in [-0.39, 0.29) is 11.4 Å². The number of carbonyl (C=O) groups is 4. The third-order valence-corrected chi connectivity index (χ3v) is 7.24. The van der Waals surface area contributed by atoms with Gasteiger partial charge in [0.1, 0.15) is 11.4 Å². The standard InChI is InChI=1S/C30H29N7O4/c38-27-23(19-15-34-21-9-3-1-7-17(19)21)25(29(40)36-27)32-13-5-11-31-12-6-14-33-26-24(28(39)37-30(26)41)20-16-35-22-10-4-2-8-18(20)22/h1-4,7-10,15-16,31,34-35H,5-6,11-14H2,(H2,32,36,38,40)(H2,33,37,39,41). The Morgan fingerprint density at radius 2 is 0.976 bits per heavy atom. The molecule has 2 aliphatic heterocycles. The number of rotatable bonds is 12. The summed E-state index contributed by atoms with van der Waals surface area (Å²) < 4.78 is 0. The summed E-state index contributed by atoms with van der Waals surface area (Å²) >= 11 is 0. The van der Waals surface area contributed by atoms with E-state index in [2.05, 4.69) is 36.6 Å². The Balaban J connectivity index is 0.984. The first-order chi connectivity index (χ1) is 20.0. The van der Waals surface area contributed by atoms with Crippen molar-refractivity contribution in [2.45, 2.75) is 12.8 Å². The van der Waals surface area contributed by atoms with Crippen molar-refractivity contribution in [3.05, 3.63) is 83.4 Å². The summed E-state index contributed by atoms with van der Waals surface area (Å²) in [6.07, 6.45) is 4.96. The van der Waals surface area contributed by atoms with Gasteiger partial charge in [0.25, 0.3) is 23.6 Å². The second-order valence-corrected chi connectivity index (χ2v) is 9.87. The van der Waals surface area contributed by atoms with Gasteiger partial charge in [0, 0.05) is 58.4 Å². The first-order valence-corrected chi connectivity index (χ1v) is 13.5. The lowest BCUT2D eigenvalue weighted by Gasteiger charge is -2.10. The number of hydrogen-bond acceptors (Lipinski definition) is 7. The molecule has 0 aliphatic carbocycles. The molecule has 2 aromatic heterocycles. The van der Waals surface area contributed by atoms with Crippen molar-refractivity contribution >= 4 is 56.6 Å². The molecule has 0 saturated carbocycles. The second-order valence-electron chi connectivity index (χ2n) is 9.87. The molecule has 2 aliphatic rings. The molecule has 11 heteroatoms. The van der Waals surface area contributed by atoms with Crippen molar-refractivity contribution in [2.75, 3.05) is 26.2 Å². The fourth-order valence-electron chi connectivity index (χ4n) is 5.30. The minimum absolute atomic E-state index is 0.285. The average molecular weight is 552 g/mol. The van der Waals surface area contributed by atoms with Crippen LogP contribution in [0.25, 0.3) is 33.0 Å². The number of carbonyl (C=O) groups excluding carboxylic acids is 4. The molecule has 0 fully saturated rings. The van der Waals surface area contributed by atoms with Crippen molar-refractivity contribution < 1.29 is 19.2 Å². The highest BCUT2D eigenvalue weighted by atomic mass is 16.2. The summed E-state index contributed by atoms with van der Waals surface area (Å²) in [5.41, 5.74) is 4.44. The van der Waals surface area contributed by atoms with Gasteiger partial charge in [-0.15, -0.1) is 0 Å². The summed E-state index contributed by atoms with van der Waals surface area (Å²) in [6.45, 7) is 2.41. The van der Waals surface area contributed by atoms with Gasteiger partial charge in [0.15, 0.2) is 0 Å². The number of benzene rings is 2. The van der Waals surface area contributed by atoms with E-state index in [1.54, 1.807) is 12.4 Å². The summed E-state index contributed by atoms with van der Waals surface area (Å²) in [5, 5.41) is 16.2. The van der Waals surface area contributed by atoms with Gasteiger partial charge in [-0.05, 0) is 38.1 Å². The minimum atomic E-state index is -0.426. The van der Waals surface area contributed by atoms with Crippen molar-refractivity contribution in [3.63, 3.8) is 0 Å². The van der Waals surface area contributed by atoms with Gasteiger partial charge < -0.3 is 25.9 Å². The molecular formula is C30H29N7O4. The number of para-hydroxylation sites is 2. The molecule has 2 aromatic carbocycles. The smallest absolute Gasteiger partial charge is 0.275 e. The summed E-state index contributed by atoms with van der Waals surface area (Å²) in [4.78, 5) is 56.3. The van der Waals surface area contributed by atoms with E-state index in [1.807, 2.05) is 48.5 Å². The molecule has 11 nitrogen and oxygen atoms in total. The van der Waals surface area contributed by atoms with Crippen LogP contribution in [-0.4, -0.2) is 59.8 Å². The van der Waals surface area contributed by atoms with E-state index < -0.39 is 23.6 Å². The van der Waals surface area contributed by atoms with E-state index in [0.717, 1.165) is 34.6 Å². The topological polar surface area (TPSA) is 160 Å². The number of imide groups is 2. The van der Waals surface area contributed by atoms with Crippen LogP contribution in [0.1, 0.15) is 24.0 Å². The lowest BCUT2D eigenvalue weighted by atomic mass is 10.0. The molecule has 7 N–H and O–H groups in total. The molecule has 0 spiro atoms. The van der Waals surface area contributed by atoms with Crippen LogP contribution in [0.4, 0.5) is 0 Å². The van der Waals surface area contributed by atoms with Crippen LogP contribution < -0.4 is 26.6 Å². The Labute approximate surface area is 234 Å². The Morgan fingerprint density at radius 1 is 0.537 bits per heavy atom. The maximum Gasteiger partial charge on any atom is 0.275 e. The van der Waals surface area contributed by atoms with Gasteiger partial charge in [-0.2, -0.15) is 0 Å². The van der Waals surface area contributed by atoms with Crippen LogP contribution >= 0.6 is 0 Å². The molecule has 4 aromatic rings. The van der Waals surface area contributed by atoms with Crippen LogP contribution in [0.15, 0.2) is 72.3 Å². The van der Waals surface area contributed by atoms with Gasteiger partial charge in [0.2, 0.25) is 0 Å². The van der Waals surface area contributed by atoms with E-state index in [1.165, 1.54) is 0 Å². The van der Waals surface area contributed by atoms with Crippen molar-refractivity contribution in [3.8, 4) is 0 Å². The molecule has 4 heterocycles. The molecule has 0 radical (unpaired) electrons. The fraction of sp³-hybridized carbons (Fsp3) is 0.200. The van der Waals surface area contributed by atoms with E-state index >= 15 is 0 Å². The van der Waals surface area contributed by atoms with Gasteiger partial charge in [-0.1, -0.05) is 36.4 Å². The third kappa shape index (κ3) is 4.98. The van der Waals surface area contributed by atoms with Gasteiger partial charge in [0.05, 0.1) is 11.1 Å². The maximum atomic E-state index is 12.5. The molecule has 41 heavy (non-hydrogen) atoms.